The summed E-state index contributed by atoms with van der Waals surface area (Å²) >= 11 is -1.53. The molecule has 0 bridgehead atoms. The second-order valence-corrected chi connectivity index (χ2v) is 15.7. The van der Waals surface area contributed by atoms with Gasteiger partial charge in [-0.3, -0.25) is 0 Å². The standard InChI is InChI=1S/C13H26GeO/c1-6-10-13(15-5)11-12-14(7-2,8-3)9-4/h6,10-11H,7-9,12H2,1-5H3/b10-6+,13-11+. The van der Waals surface area contributed by atoms with Crippen LogP contribution in [0.4, 0.5) is 0 Å². The van der Waals surface area contributed by atoms with Crippen molar-refractivity contribution in [2.24, 2.45) is 0 Å². The number of allylic oxidation sites excluding steroid dienone is 3. The first-order valence-electron chi connectivity index (χ1n) is 6.04. The van der Waals surface area contributed by atoms with Gasteiger partial charge in [-0.1, -0.05) is 0 Å². The van der Waals surface area contributed by atoms with Crippen molar-refractivity contribution in [1.82, 2.24) is 0 Å². The van der Waals surface area contributed by atoms with E-state index < -0.39 is 13.3 Å². The topological polar surface area (TPSA) is 9.23 Å². The van der Waals surface area contributed by atoms with Gasteiger partial charge in [0, 0.05) is 0 Å². The molecule has 1 nitrogen and oxygen atoms in total. The second kappa shape index (κ2) is 8.03. The van der Waals surface area contributed by atoms with E-state index >= 15 is 0 Å². The van der Waals surface area contributed by atoms with Crippen molar-refractivity contribution < 1.29 is 4.74 Å². The van der Waals surface area contributed by atoms with E-state index in [2.05, 4.69) is 26.8 Å². The molecule has 0 aliphatic carbocycles. The van der Waals surface area contributed by atoms with E-state index in [4.69, 9.17) is 4.74 Å². The van der Waals surface area contributed by atoms with Gasteiger partial charge in [-0.05, 0) is 0 Å². The summed E-state index contributed by atoms with van der Waals surface area (Å²) in [5.74, 6) is 1.03. The predicted octanol–water partition coefficient (Wildman–Crippen LogP) is 4.60. The monoisotopic (exact) mass is 272 g/mol. The Hall–Kier alpha value is -0.177. The van der Waals surface area contributed by atoms with Gasteiger partial charge in [0.1, 0.15) is 0 Å². The summed E-state index contributed by atoms with van der Waals surface area (Å²) in [5.41, 5.74) is 0. The van der Waals surface area contributed by atoms with Crippen LogP contribution in [0, 0.1) is 0 Å². The van der Waals surface area contributed by atoms with Crippen LogP contribution in [-0.4, -0.2) is 20.4 Å². The zero-order chi connectivity index (χ0) is 11.7. The van der Waals surface area contributed by atoms with Crippen molar-refractivity contribution >= 4 is 13.3 Å². The molecule has 0 rings (SSSR count). The molecule has 0 aromatic rings. The molecule has 0 atom stereocenters. The Morgan fingerprint density at radius 3 is 2.00 bits per heavy atom. The third-order valence-electron chi connectivity index (χ3n) is 3.55. The molecule has 0 saturated carbocycles. The summed E-state index contributed by atoms with van der Waals surface area (Å²) in [6, 6.07) is 0. The van der Waals surface area contributed by atoms with Gasteiger partial charge in [0.2, 0.25) is 0 Å². The Labute approximate surface area is 98.0 Å². The predicted molar refractivity (Wildman–Crippen MR) is 71.9 cm³/mol. The molecular formula is C13H26GeO. The molecule has 0 spiro atoms. The Morgan fingerprint density at radius 1 is 1.13 bits per heavy atom. The fraction of sp³-hybridized carbons (Fsp3) is 0.692. The molecule has 0 fully saturated rings. The van der Waals surface area contributed by atoms with Crippen molar-refractivity contribution in [2.45, 2.75) is 48.7 Å². The summed E-state index contributed by atoms with van der Waals surface area (Å²) < 4.78 is 5.32. The summed E-state index contributed by atoms with van der Waals surface area (Å²) in [4.78, 5) is 0. The van der Waals surface area contributed by atoms with Crippen LogP contribution in [0.1, 0.15) is 27.7 Å². The van der Waals surface area contributed by atoms with Gasteiger partial charge < -0.3 is 0 Å². The molecule has 0 aromatic heterocycles. The maximum atomic E-state index is 5.32. The summed E-state index contributed by atoms with van der Waals surface area (Å²) in [6.45, 7) is 9.12. The number of rotatable bonds is 7. The number of hydrogen-bond donors (Lipinski definition) is 0. The van der Waals surface area contributed by atoms with Crippen LogP contribution < -0.4 is 0 Å². The second-order valence-electron chi connectivity index (χ2n) is 4.08. The first kappa shape index (κ1) is 14.8. The molecular weight excluding hydrogens is 245 g/mol. The fourth-order valence-corrected chi connectivity index (χ4v) is 8.18. The van der Waals surface area contributed by atoms with E-state index in [1.54, 1.807) is 7.11 Å². The third kappa shape index (κ3) is 4.92. The van der Waals surface area contributed by atoms with Crippen LogP contribution in [0.3, 0.4) is 0 Å². The average molecular weight is 271 g/mol. The summed E-state index contributed by atoms with van der Waals surface area (Å²) in [5, 5.41) is 5.58. The van der Waals surface area contributed by atoms with Crippen molar-refractivity contribution in [1.29, 1.82) is 0 Å². The summed E-state index contributed by atoms with van der Waals surface area (Å²) in [7, 11) is 1.75. The molecule has 0 aliphatic rings. The van der Waals surface area contributed by atoms with Gasteiger partial charge in [0.15, 0.2) is 0 Å². The van der Waals surface area contributed by atoms with Crippen molar-refractivity contribution in [3.63, 3.8) is 0 Å². The van der Waals surface area contributed by atoms with Crippen molar-refractivity contribution in [3.8, 4) is 0 Å². The van der Waals surface area contributed by atoms with Crippen LogP contribution in [0.5, 0.6) is 0 Å². The molecule has 0 N–H and O–H groups in total. The Kier molecular flexibility index (Phi) is 7.94. The normalized spacial score (nSPS) is 13.5. The molecule has 0 unspecified atom stereocenters. The van der Waals surface area contributed by atoms with Gasteiger partial charge in [0.05, 0.1) is 0 Å². The average Bonchev–Trinajstić information content (AvgIpc) is 2.30. The Balaban J connectivity index is 4.53. The van der Waals surface area contributed by atoms with Gasteiger partial charge >= 0.3 is 97.8 Å². The number of methoxy groups -OCH3 is 1. The van der Waals surface area contributed by atoms with Crippen LogP contribution >= 0.6 is 0 Å². The molecule has 0 heterocycles. The molecule has 0 amide bonds. The first-order valence-corrected chi connectivity index (χ1v) is 12.0. The van der Waals surface area contributed by atoms with E-state index in [1.807, 2.05) is 19.1 Å². The van der Waals surface area contributed by atoms with Gasteiger partial charge in [0.25, 0.3) is 0 Å². The van der Waals surface area contributed by atoms with Crippen LogP contribution in [0.25, 0.3) is 0 Å². The van der Waals surface area contributed by atoms with E-state index in [9.17, 15) is 0 Å². The zero-order valence-corrected chi connectivity index (χ0v) is 13.1. The molecule has 0 aromatic carbocycles. The Bertz CT molecular complexity index is 206. The van der Waals surface area contributed by atoms with Crippen LogP contribution in [0.2, 0.25) is 21.0 Å². The molecule has 0 aliphatic heterocycles. The number of hydrogen-bond acceptors (Lipinski definition) is 1. The first-order chi connectivity index (χ1) is 7.17. The van der Waals surface area contributed by atoms with E-state index in [0.717, 1.165) is 5.76 Å². The van der Waals surface area contributed by atoms with E-state index in [0.29, 0.717) is 0 Å². The maximum absolute atomic E-state index is 5.32. The Morgan fingerprint density at radius 2 is 1.67 bits per heavy atom. The zero-order valence-electron chi connectivity index (χ0n) is 11.0. The number of ether oxygens (including phenoxy) is 1. The van der Waals surface area contributed by atoms with Gasteiger partial charge in [-0.2, -0.15) is 0 Å². The molecule has 0 saturated heterocycles. The van der Waals surface area contributed by atoms with Crippen molar-refractivity contribution in [2.75, 3.05) is 7.11 Å². The molecule has 15 heavy (non-hydrogen) atoms. The minimum absolute atomic E-state index is 1.03. The van der Waals surface area contributed by atoms with Gasteiger partial charge in [-0.15, -0.1) is 0 Å². The minimum atomic E-state index is -1.53. The van der Waals surface area contributed by atoms with Crippen molar-refractivity contribution in [3.05, 3.63) is 24.0 Å². The molecule has 2 heteroatoms. The summed E-state index contributed by atoms with van der Waals surface area (Å²) in [6.07, 6.45) is 6.39. The van der Waals surface area contributed by atoms with E-state index in [-0.39, 0.29) is 0 Å². The molecule has 88 valence electrons. The van der Waals surface area contributed by atoms with Crippen LogP contribution in [0.15, 0.2) is 24.0 Å². The van der Waals surface area contributed by atoms with E-state index in [1.165, 1.54) is 21.0 Å². The van der Waals surface area contributed by atoms with Crippen LogP contribution in [-0.2, 0) is 4.74 Å². The fourth-order valence-electron chi connectivity index (χ4n) is 1.88. The third-order valence-corrected chi connectivity index (χ3v) is 15.2. The molecule has 0 radical (unpaired) electrons. The SMILES string of the molecule is C/C=C/C(=C\[CH2][Ge]([CH2]C)([CH2]C)[CH2]C)OC. The van der Waals surface area contributed by atoms with Gasteiger partial charge in [-0.25, -0.2) is 0 Å². The quantitative estimate of drug-likeness (QED) is 0.373.